The monoisotopic (exact) mass is 275 g/mol. The minimum Gasteiger partial charge on any atom is -0.481 e. The maximum absolute atomic E-state index is 12.8. The van der Waals surface area contributed by atoms with Gasteiger partial charge in [0, 0.05) is 5.69 Å². The zero-order chi connectivity index (χ0) is 14.3. The van der Waals surface area contributed by atoms with Crippen LogP contribution in [0.4, 0.5) is 10.1 Å². The molecule has 0 aliphatic heterocycles. The van der Waals surface area contributed by atoms with Gasteiger partial charge in [-0.2, -0.15) is 0 Å². The number of benzene rings is 1. The molecule has 0 unspecified atom stereocenters. The van der Waals surface area contributed by atoms with E-state index in [-0.39, 0.29) is 23.6 Å². The van der Waals surface area contributed by atoms with Gasteiger partial charge in [0.15, 0.2) is 0 Å². The normalized spacial score (nSPS) is 30.4. The molecule has 4 atom stereocenters. The highest BCUT2D eigenvalue weighted by Gasteiger charge is 2.51. The van der Waals surface area contributed by atoms with Gasteiger partial charge in [-0.15, -0.1) is 0 Å². The van der Waals surface area contributed by atoms with Gasteiger partial charge >= 0.3 is 5.97 Å². The SMILES string of the molecule is O=C(O)[C@@H]1[C@H](C(=O)Nc2ccc(F)cc2)[C@@H]2C=C[C@@H]1C2. The van der Waals surface area contributed by atoms with Crippen LogP contribution < -0.4 is 5.32 Å². The lowest BCUT2D eigenvalue weighted by atomic mass is 9.82. The Morgan fingerprint density at radius 3 is 2.30 bits per heavy atom. The first kappa shape index (κ1) is 12.8. The van der Waals surface area contributed by atoms with E-state index in [4.69, 9.17) is 0 Å². The second kappa shape index (κ2) is 4.74. The molecule has 5 heteroatoms. The molecule has 0 spiro atoms. The molecular formula is C15H14FNO3. The number of allylic oxidation sites excluding steroid dienone is 2. The number of carbonyl (C=O) groups is 2. The number of amides is 1. The standard InChI is InChI=1S/C15H14FNO3/c16-10-3-5-11(6-4-10)17-14(18)12-8-1-2-9(7-8)13(12)15(19)20/h1-6,8-9,12-13H,7H2,(H,17,18)(H,19,20)/t8-,9-,12-,13+/m1/s1. The lowest BCUT2D eigenvalue weighted by Crippen LogP contribution is -2.36. The van der Waals surface area contributed by atoms with Crippen molar-refractivity contribution in [3.63, 3.8) is 0 Å². The Bertz CT molecular complexity index is 581. The number of carboxylic acid groups (broad SMARTS) is 1. The number of halogens is 1. The van der Waals surface area contributed by atoms with Gasteiger partial charge in [0.2, 0.25) is 5.91 Å². The smallest absolute Gasteiger partial charge is 0.307 e. The highest BCUT2D eigenvalue weighted by Crippen LogP contribution is 2.48. The summed E-state index contributed by atoms with van der Waals surface area (Å²) in [5, 5.41) is 12.0. The molecule has 2 bridgehead atoms. The van der Waals surface area contributed by atoms with Crippen LogP contribution in [0.15, 0.2) is 36.4 Å². The molecule has 1 fully saturated rings. The van der Waals surface area contributed by atoms with Gasteiger partial charge in [0.25, 0.3) is 0 Å². The minimum atomic E-state index is -0.930. The molecule has 1 saturated carbocycles. The Morgan fingerprint density at radius 2 is 1.70 bits per heavy atom. The Labute approximate surface area is 115 Å². The van der Waals surface area contributed by atoms with E-state index in [9.17, 15) is 19.1 Å². The van der Waals surface area contributed by atoms with Crippen LogP contribution in [0.5, 0.6) is 0 Å². The highest BCUT2D eigenvalue weighted by molar-refractivity contribution is 5.96. The van der Waals surface area contributed by atoms with Gasteiger partial charge in [0.05, 0.1) is 11.8 Å². The van der Waals surface area contributed by atoms with Crippen LogP contribution in [0.3, 0.4) is 0 Å². The van der Waals surface area contributed by atoms with E-state index in [1.54, 1.807) is 0 Å². The molecule has 0 saturated heterocycles. The minimum absolute atomic E-state index is 0.0125. The van der Waals surface area contributed by atoms with E-state index < -0.39 is 17.8 Å². The number of nitrogens with one attached hydrogen (secondary N) is 1. The molecule has 2 aliphatic carbocycles. The van der Waals surface area contributed by atoms with Gasteiger partial charge in [-0.25, -0.2) is 4.39 Å². The fraction of sp³-hybridized carbons (Fsp3) is 0.333. The lowest BCUT2D eigenvalue weighted by Gasteiger charge is -2.23. The lowest BCUT2D eigenvalue weighted by molar-refractivity contribution is -0.146. The zero-order valence-corrected chi connectivity index (χ0v) is 10.6. The van der Waals surface area contributed by atoms with E-state index in [1.807, 2.05) is 12.2 Å². The zero-order valence-electron chi connectivity index (χ0n) is 10.6. The van der Waals surface area contributed by atoms with Gasteiger partial charge in [-0.1, -0.05) is 12.2 Å². The van der Waals surface area contributed by atoms with Gasteiger partial charge in [-0.3, -0.25) is 9.59 Å². The number of anilines is 1. The Kier molecular flexibility index (Phi) is 3.04. The van der Waals surface area contributed by atoms with E-state index in [2.05, 4.69) is 5.32 Å². The summed E-state index contributed by atoms with van der Waals surface area (Å²) >= 11 is 0. The number of rotatable bonds is 3. The summed E-state index contributed by atoms with van der Waals surface area (Å²) in [6.07, 6.45) is 4.54. The second-order valence-corrected chi connectivity index (χ2v) is 5.33. The van der Waals surface area contributed by atoms with E-state index >= 15 is 0 Å². The number of aliphatic carboxylic acids is 1. The molecule has 0 heterocycles. The summed E-state index contributed by atoms with van der Waals surface area (Å²) in [6.45, 7) is 0. The van der Waals surface area contributed by atoms with Crippen molar-refractivity contribution < 1.29 is 19.1 Å². The van der Waals surface area contributed by atoms with Crippen molar-refractivity contribution in [2.75, 3.05) is 5.32 Å². The quantitative estimate of drug-likeness (QED) is 0.832. The Balaban J connectivity index is 1.78. The molecule has 2 aliphatic rings. The van der Waals surface area contributed by atoms with Crippen LogP contribution in [0.1, 0.15) is 6.42 Å². The largest absolute Gasteiger partial charge is 0.481 e. The maximum atomic E-state index is 12.8. The molecule has 0 aromatic heterocycles. The van der Waals surface area contributed by atoms with Crippen LogP contribution in [0.25, 0.3) is 0 Å². The highest BCUT2D eigenvalue weighted by atomic mass is 19.1. The summed E-state index contributed by atoms with van der Waals surface area (Å²) < 4.78 is 12.8. The summed E-state index contributed by atoms with van der Waals surface area (Å²) in [5.41, 5.74) is 0.479. The van der Waals surface area contributed by atoms with Crippen LogP contribution in [0.2, 0.25) is 0 Å². The van der Waals surface area contributed by atoms with Crippen LogP contribution in [0, 0.1) is 29.5 Å². The summed E-state index contributed by atoms with van der Waals surface area (Å²) in [7, 11) is 0. The summed E-state index contributed by atoms with van der Waals surface area (Å²) in [6, 6.07) is 5.44. The number of fused-ring (bicyclic) bond motifs is 2. The molecule has 104 valence electrons. The number of carbonyl (C=O) groups excluding carboxylic acids is 1. The number of carboxylic acids is 1. The predicted octanol–water partition coefficient (Wildman–Crippen LogP) is 2.29. The van der Waals surface area contributed by atoms with E-state index in [0.29, 0.717) is 5.69 Å². The predicted molar refractivity (Wildman–Crippen MR) is 70.4 cm³/mol. The molecule has 1 aromatic rings. The third-order valence-corrected chi connectivity index (χ3v) is 4.16. The molecule has 4 nitrogen and oxygen atoms in total. The van der Waals surface area contributed by atoms with Crippen molar-refractivity contribution >= 4 is 17.6 Å². The topological polar surface area (TPSA) is 66.4 Å². The molecule has 1 aromatic carbocycles. The van der Waals surface area contributed by atoms with Crippen molar-refractivity contribution in [1.29, 1.82) is 0 Å². The first-order valence-electron chi connectivity index (χ1n) is 6.54. The van der Waals surface area contributed by atoms with Crippen molar-refractivity contribution in [1.82, 2.24) is 0 Å². The van der Waals surface area contributed by atoms with Crippen molar-refractivity contribution in [2.24, 2.45) is 23.7 Å². The third-order valence-electron chi connectivity index (χ3n) is 4.16. The summed E-state index contributed by atoms with van der Waals surface area (Å²) in [5.74, 6) is -2.89. The van der Waals surface area contributed by atoms with E-state index in [0.717, 1.165) is 6.42 Å². The van der Waals surface area contributed by atoms with Crippen LogP contribution in [-0.4, -0.2) is 17.0 Å². The average Bonchev–Trinajstić information content (AvgIpc) is 3.01. The molecule has 0 radical (unpaired) electrons. The second-order valence-electron chi connectivity index (χ2n) is 5.33. The first-order valence-corrected chi connectivity index (χ1v) is 6.54. The molecule has 2 N–H and O–H groups in total. The molecule has 1 amide bonds. The van der Waals surface area contributed by atoms with Crippen molar-refractivity contribution in [3.8, 4) is 0 Å². The van der Waals surface area contributed by atoms with Gasteiger partial charge < -0.3 is 10.4 Å². The van der Waals surface area contributed by atoms with Crippen LogP contribution in [-0.2, 0) is 9.59 Å². The van der Waals surface area contributed by atoms with Crippen molar-refractivity contribution in [2.45, 2.75) is 6.42 Å². The number of hydrogen-bond donors (Lipinski definition) is 2. The van der Waals surface area contributed by atoms with Gasteiger partial charge in [-0.05, 0) is 42.5 Å². The molecule has 3 rings (SSSR count). The Hall–Kier alpha value is -2.17. The first-order chi connectivity index (χ1) is 9.56. The molecule has 20 heavy (non-hydrogen) atoms. The number of hydrogen-bond acceptors (Lipinski definition) is 2. The Morgan fingerprint density at radius 1 is 1.10 bits per heavy atom. The average molecular weight is 275 g/mol. The van der Waals surface area contributed by atoms with Crippen molar-refractivity contribution in [3.05, 3.63) is 42.2 Å². The third kappa shape index (κ3) is 2.09. The maximum Gasteiger partial charge on any atom is 0.307 e. The van der Waals surface area contributed by atoms with Crippen LogP contribution >= 0.6 is 0 Å². The molecular weight excluding hydrogens is 261 g/mol. The van der Waals surface area contributed by atoms with Gasteiger partial charge in [0.1, 0.15) is 5.82 Å². The fourth-order valence-electron chi connectivity index (χ4n) is 3.28. The fourth-order valence-corrected chi connectivity index (χ4v) is 3.28. The summed E-state index contributed by atoms with van der Waals surface area (Å²) in [4.78, 5) is 23.6. The van der Waals surface area contributed by atoms with E-state index in [1.165, 1.54) is 24.3 Å².